The monoisotopic (exact) mass is 186 g/mol. The van der Waals surface area contributed by atoms with Crippen LogP contribution in [0.5, 0.6) is 5.75 Å². The maximum absolute atomic E-state index is 8.84. The molecular formula is C11H10N2O. The summed E-state index contributed by atoms with van der Waals surface area (Å²) < 4.78 is 5.75. The molecule has 0 saturated heterocycles. The van der Waals surface area contributed by atoms with E-state index in [1.54, 1.807) is 6.20 Å². The molecule has 1 saturated carbocycles. The number of fused-ring (bicyclic) bond motifs is 3. The van der Waals surface area contributed by atoms with Crippen LogP contribution in [-0.4, -0.2) is 11.1 Å². The van der Waals surface area contributed by atoms with Gasteiger partial charge < -0.3 is 4.74 Å². The Kier molecular flexibility index (Phi) is 1.51. The van der Waals surface area contributed by atoms with Crippen molar-refractivity contribution in [2.75, 3.05) is 0 Å². The highest BCUT2D eigenvalue weighted by atomic mass is 16.5. The minimum atomic E-state index is 0.153. The molecule has 1 aliphatic heterocycles. The number of pyridine rings is 1. The van der Waals surface area contributed by atoms with Gasteiger partial charge in [0.25, 0.3) is 0 Å². The maximum Gasteiger partial charge on any atom is 0.141 e. The minimum Gasteiger partial charge on any atom is -0.488 e. The Labute approximate surface area is 82.3 Å². The third-order valence-electron chi connectivity index (χ3n) is 3.12. The number of aromatic nitrogens is 1. The zero-order valence-corrected chi connectivity index (χ0v) is 7.68. The van der Waals surface area contributed by atoms with E-state index in [1.165, 1.54) is 0 Å². The predicted molar refractivity (Wildman–Crippen MR) is 49.7 cm³/mol. The molecule has 3 nitrogen and oxygen atoms in total. The summed E-state index contributed by atoms with van der Waals surface area (Å²) in [4.78, 5) is 4.34. The number of nitrogens with zero attached hydrogens (tertiary/aromatic N) is 2. The standard InChI is InChI=1S/C11H10N2O/c12-6-7-4-8-10(5-7)14-9-2-1-3-13-11(8)9/h1-3,7-8,10H,4-5H2. The first-order valence-corrected chi connectivity index (χ1v) is 4.89. The number of rotatable bonds is 0. The summed E-state index contributed by atoms with van der Waals surface area (Å²) in [6.07, 6.45) is 3.76. The fourth-order valence-electron chi connectivity index (χ4n) is 2.47. The van der Waals surface area contributed by atoms with Crippen molar-refractivity contribution in [3.05, 3.63) is 24.0 Å². The second kappa shape index (κ2) is 2.71. The van der Waals surface area contributed by atoms with Crippen LogP contribution in [0.25, 0.3) is 0 Å². The zero-order chi connectivity index (χ0) is 9.54. The van der Waals surface area contributed by atoms with E-state index in [2.05, 4.69) is 11.1 Å². The maximum atomic E-state index is 8.84. The Morgan fingerprint density at radius 2 is 2.43 bits per heavy atom. The van der Waals surface area contributed by atoms with Crippen LogP contribution in [0.3, 0.4) is 0 Å². The van der Waals surface area contributed by atoms with Gasteiger partial charge in [-0.05, 0) is 18.6 Å². The molecule has 0 N–H and O–H groups in total. The van der Waals surface area contributed by atoms with Gasteiger partial charge >= 0.3 is 0 Å². The fraction of sp³-hybridized carbons (Fsp3) is 0.455. The van der Waals surface area contributed by atoms with Crippen LogP contribution in [0.15, 0.2) is 18.3 Å². The fourth-order valence-corrected chi connectivity index (χ4v) is 2.47. The van der Waals surface area contributed by atoms with Crippen LogP contribution < -0.4 is 4.74 Å². The third-order valence-corrected chi connectivity index (χ3v) is 3.12. The van der Waals surface area contributed by atoms with Crippen LogP contribution in [0.1, 0.15) is 24.5 Å². The summed E-state index contributed by atoms with van der Waals surface area (Å²) in [5.74, 6) is 1.43. The van der Waals surface area contributed by atoms with Gasteiger partial charge in [-0.1, -0.05) is 0 Å². The molecule has 2 heterocycles. The first-order chi connectivity index (χ1) is 6.88. The van der Waals surface area contributed by atoms with Crippen LogP contribution in [0, 0.1) is 17.2 Å². The van der Waals surface area contributed by atoms with Crippen LogP contribution >= 0.6 is 0 Å². The van der Waals surface area contributed by atoms with Gasteiger partial charge in [-0.25, -0.2) is 0 Å². The van der Waals surface area contributed by atoms with Gasteiger partial charge in [0, 0.05) is 18.5 Å². The van der Waals surface area contributed by atoms with E-state index in [1.807, 2.05) is 12.1 Å². The molecule has 1 aromatic rings. The van der Waals surface area contributed by atoms with Crippen LogP contribution in [0.4, 0.5) is 0 Å². The quantitative estimate of drug-likeness (QED) is 0.621. The van der Waals surface area contributed by atoms with Gasteiger partial charge in [-0.15, -0.1) is 0 Å². The number of hydrogen-bond donors (Lipinski definition) is 0. The van der Waals surface area contributed by atoms with E-state index < -0.39 is 0 Å². The highest BCUT2D eigenvalue weighted by Crippen LogP contribution is 2.47. The lowest BCUT2D eigenvalue weighted by Gasteiger charge is -2.06. The van der Waals surface area contributed by atoms with Gasteiger partial charge in [0.05, 0.1) is 17.7 Å². The summed E-state index contributed by atoms with van der Waals surface area (Å²) in [7, 11) is 0. The molecule has 3 unspecified atom stereocenters. The smallest absolute Gasteiger partial charge is 0.141 e. The zero-order valence-electron chi connectivity index (χ0n) is 7.68. The van der Waals surface area contributed by atoms with Gasteiger partial charge in [-0.2, -0.15) is 5.26 Å². The van der Waals surface area contributed by atoms with Crippen molar-refractivity contribution in [1.82, 2.24) is 4.98 Å². The molecule has 3 atom stereocenters. The van der Waals surface area contributed by atoms with Crippen molar-refractivity contribution in [1.29, 1.82) is 5.26 Å². The lowest BCUT2D eigenvalue weighted by Crippen LogP contribution is -2.11. The number of nitriles is 1. The van der Waals surface area contributed by atoms with Crippen molar-refractivity contribution in [3.8, 4) is 11.8 Å². The molecule has 0 aromatic carbocycles. The van der Waals surface area contributed by atoms with Crippen molar-refractivity contribution in [2.24, 2.45) is 5.92 Å². The summed E-state index contributed by atoms with van der Waals surface area (Å²) in [6.45, 7) is 0. The Balaban J connectivity index is 1.97. The van der Waals surface area contributed by atoms with Gasteiger partial charge in [-0.3, -0.25) is 4.98 Å². The lowest BCUT2D eigenvalue weighted by molar-refractivity contribution is 0.222. The molecule has 0 bridgehead atoms. The van der Waals surface area contributed by atoms with Crippen molar-refractivity contribution in [2.45, 2.75) is 24.9 Å². The van der Waals surface area contributed by atoms with Crippen molar-refractivity contribution in [3.63, 3.8) is 0 Å². The first-order valence-electron chi connectivity index (χ1n) is 4.89. The summed E-state index contributed by atoms with van der Waals surface area (Å²) in [5.41, 5.74) is 1.05. The van der Waals surface area contributed by atoms with Gasteiger partial charge in [0.1, 0.15) is 11.9 Å². The van der Waals surface area contributed by atoms with Gasteiger partial charge in [0.15, 0.2) is 0 Å². The number of hydrogen-bond acceptors (Lipinski definition) is 3. The highest BCUT2D eigenvalue weighted by molar-refractivity contribution is 5.37. The second-order valence-electron chi connectivity index (χ2n) is 3.95. The van der Waals surface area contributed by atoms with Crippen molar-refractivity contribution < 1.29 is 4.74 Å². The SMILES string of the molecule is N#CC1CC2Oc3cccnc3C2C1. The molecular weight excluding hydrogens is 176 g/mol. The van der Waals surface area contributed by atoms with E-state index >= 15 is 0 Å². The van der Waals surface area contributed by atoms with Crippen LogP contribution in [0.2, 0.25) is 0 Å². The molecule has 0 radical (unpaired) electrons. The van der Waals surface area contributed by atoms with Crippen molar-refractivity contribution >= 4 is 0 Å². The average Bonchev–Trinajstić information content (AvgIpc) is 2.73. The van der Waals surface area contributed by atoms with E-state index in [0.717, 1.165) is 24.3 Å². The molecule has 1 aliphatic carbocycles. The second-order valence-corrected chi connectivity index (χ2v) is 3.95. The molecule has 3 heteroatoms. The highest BCUT2D eigenvalue weighted by Gasteiger charge is 2.43. The normalized spacial score (nSPS) is 32.9. The topological polar surface area (TPSA) is 45.9 Å². The summed E-state index contributed by atoms with van der Waals surface area (Å²) in [6, 6.07) is 6.17. The third kappa shape index (κ3) is 0.941. The summed E-state index contributed by atoms with van der Waals surface area (Å²) in [5, 5.41) is 8.84. The Morgan fingerprint density at radius 1 is 1.50 bits per heavy atom. The minimum absolute atomic E-state index is 0.153. The molecule has 0 spiro atoms. The molecule has 2 aliphatic rings. The molecule has 3 rings (SSSR count). The molecule has 14 heavy (non-hydrogen) atoms. The molecule has 0 amide bonds. The van der Waals surface area contributed by atoms with Crippen LogP contribution in [-0.2, 0) is 0 Å². The van der Waals surface area contributed by atoms with Gasteiger partial charge in [0.2, 0.25) is 0 Å². The van der Waals surface area contributed by atoms with E-state index in [0.29, 0.717) is 5.92 Å². The van der Waals surface area contributed by atoms with E-state index in [-0.39, 0.29) is 12.0 Å². The lowest BCUT2D eigenvalue weighted by atomic mass is 10.0. The molecule has 1 fully saturated rings. The van der Waals surface area contributed by atoms with E-state index in [9.17, 15) is 0 Å². The van der Waals surface area contributed by atoms with E-state index in [4.69, 9.17) is 10.00 Å². The first kappa shape index (κ1) is 7.81. The Hall–Kier alpha value is -1.56. The largest absolute Gasteiger partial charge is 0.488 e. The Morgan fingerprint density at radius 3 is 3.29 bits per heavy atom. The Bertz CT molecular complexity index is 410. The predicted octanol–water partition coefficient (Wildman–Crippen LogP) is 1.86. The molecule has 1 aromatic heterocycles. The number of ether oxygens (including phenoxy) is 1. The summed E-state index contributed by atoms with van der Waals surface area (Å²) >= 11 is 0. The average molecular weight is 186 g/mol. The molecule has 70 valence electrons.